The number of nitrogens with zero attached hydrogens (tertiary/aromatic N) is 4. The summed E-state index contributed by atoms with van der Waals surface area (Å²) in [5, 5.41) is 14.1. The molecule has 2 heterocycles. The number of rotatable bonds is 4. The third kappa shape index (κ3) is 2.99. The average Bonchev–Trinajstić information content (AvgIpc) is 3.28. The Hall–Kier alpha value is -3.49. The molecular weight excluding hydrogens is 329 g/mol. The number of tetrazole rings is 1. The molecule has 0 aliphatic carbocycles. The molecule has 3 aromatic rings. The van der Waals surface area contributed by atoms with Crippen molar-refractivity contribution in [2.75, 3.05) is 6.79 Å². The van der Waals surface area contributed by atoms with E-state index in [1.165, 1.54) is 16.8 Å². The van der Waals surface area contributed by atoms with Crippen LogP contribution in [0.1, 0.15) is 16.2 Å². The number of carbonyl (C=O) groups is 1. The number of ether oxygens (including phenoxy) is 2. The number of benzene rings is 2. The zero-order valence-electron chi connectivity index (χ0n) is 12.8. The SMILES string of the molecule is O=C(NCc1nnnn1-c1ccc(F)cc1)c1ccc2c(c1)OCO2. The molecule has 1 aliphatic rings. The van der Waals surface area contributed by atoms with Crippen LogP contribution in [0.2, 0.25) is 0 Å². The lowest BCUT2D eigenvalue weighted by Gasteiger charge is -2.07. The summed E-state index contributed by atoms with van der Waals surface area (Å²) in [5.74, 6) is 0.905. The van der Waals surface area contributed by atoms with Gasteiger partial charge in [0.05, 0.1) is 12.2 Å². The molecule has 0 atom stereocenters. The molecule has 1 aliphatic heterocycles. The Labute approximate surface area is 141 Å². The Balaban J connectivity index is 1.48. The average molecular weight is 341 g/mol. The first kappa shape index (κ1) is 15.1. The molecule has 1 N–H and O–H groups in total. The van der Waals surface area contributed by atoms with E-state index in [1.807, 2.05) is 0 Å². The van der Waals surface area contributed by atoms with Crippen LogP contribution in [-0.2, 0) is 6.54 Å². The summed E-state index contributed by atoms with van der Waals surface area (Å²) in [7, 11) is 0. The number of nitrogens with one attached hydrogen (secondary N) is 1. The first-order valence-corrected chi connectivity index (χ1v) is 7.42. The molecule has 0 spiro atoms. The number of hydrogen-bond acceptors (Lipinski definition) is 6. The van der Waals surface area contributed by atoms with E-state index >= 15 is 0 Å². The van der Waals surface area contributed by atoms with Crippen LogP contribution in [0, 0.1) is 5.82 Å². The van der Waals surface area contributed by atoms with Crippen molar-refractivity contribution in [1.29, 1.82) is 0 Å². The van der Waals surface area contributed by atoms with Gasteiger partial charge in [-0.3, -0.25) is 4.79 Å². The fraction of sp³-hybridized carbons (Fsp3) is 0.125. The predicted octanol–water partition coefficient (Wildman–Crippen LogP) is 1.46. The smallest absolute Gasteiger partial charge is 0.251 e. The Bertz CT molecular complexity index is 926. The minimum Gasteiger partial charge on any atom is -0.454 e. The molecule has 0 saturated heterocycles. The summed E-state index contributed by atoms with van der Waals surface area (Å²) in [6, 6.07) is 10.7. The topological polar surface area (TPSA) is 91.2 Å². The van der Waals surface area contributed by atoms with E-state index in [0.717, 1.165) is 0 Å². The number of fused-ring (bicyclic) bond motifs is 1. The monoisotopic (exact) mass is 341 g/mol. The van der Waals surface area contributed by atoms with Gasteiger partial charge in [-0.05, 0) is 52.9 Å². The van der Waals surface area contributed by atoms with Gasteiger partial charge in [0.15, 0.2) is 17.3 Å². The van der Waals surface area contributed by atoms with E-state index < -0.39 is 0 Å². The molecule has 0 unspecified atom stereocenters. The van der Waals surface area contributed by atoms with E-state index in [9.17, 15) is 9.18 Å². The van der Waals surface area contributed by atoms with Crippen LogP contribution < -0.4 is 14.8 Å². The normalized spacial score (nSPS) is 12.2. The molecule has 8 nitrogen and oxygen atoms in total. The second-order valence-corrected chi connectivity index (χ2v) is 5.23. The molecule has 126 valence electrons. The molecule has 1 aromatic heterocycles. The van der Waals surface area contributed by atoms with Gasteiger partial charge in [-0.15, -0.1) is 5.10 Å². The van der Waals surface area contributed by atoms with Crippen molar-refractivity contribution in [3.8, 4) is 17.2 Å². The summed E-state index contributed by atoms with van der Waals surface area (Å²) >= 11 is 0. The van der Waals surface area contributed by atoms with Gasteiger partial charge >= 0.3 is 0 Å². The predicted molar refractivity (Wildman–Crippen MR) is 82.8 cm³/mol. The van der Waals surface area contributed by atoms with Gasteiger partial charge in [-0.1, -0.05) is 0 Å². The van der Waals surface area contributed by atoms with Crippen LogP contribution in [0.4, 0.5) is 4.39 Å². The highest BCUT2D eigenvalue weighted by atomic mass is 19.1. The van der Waals surface area contributed by atoms with Gasteiger partial charge < -0.3 is 14.8 Å². The second kappa shape index (κ2) is 6.19. The van der Waals surface area contributed by atoms with Crippen LogP contribution in [0.25, 0.3) is 5.69 Å². The van der Waals surface area contributed by atoms with Gasteiger partial charge in [0.1, 0.15) is 5.82 Å². The fourth-order valence-electron chi connectivity index (χ4n) is 2.40. The fourth-order valence-corrected chi connectivity index (χ4v) is 2.40. The molecule has 25 heavy (non-hydrogen) atoms. The van der Waals surface area contributed by atoms with Crippen LogP contribution in [0.5, 0.6) is 11.5 Å². The van der Waals surface area contributed by atoms with Crippen molar-refractivity contribution < 1.29 is 18.7 Å². The van der Waals surface area contributed by atoms with Gasteiger partial charge in [0.25, 0.3) is 5.91 Å². The summed E-state index contributed by atoms with van der Waals surface area (Å²) in [6.07, 6.45) is 0. The molecule has 2 aromatic carbocycles. The van der Waals surface area contributed by atoms with Crippen LogP contribution >= 0.6 is 0 Å². The van der Waals surface area contributed by atoms with Crippen molar-refractivity contribution in [3.63, 3.8) is 0 Å². The number of aromatic nitrogens is 4. The molecule has 0 saturated carbocycles. The maximum absolute atomic E-state index is 13.0. The minimum absolute atomic E-state index is 0.109. The lowest BCUT2D eigenvalue weighted by Crippen LogP contribution is -2.24. The van der Waals surface area contributed by atoms with Crippen molar-refractivity contribution in [3.05, 3.63) is 59.7 Å². The highest BCUT2D eigenvalue weighted by Gasteiger charge is 2.17. The van der Waals surface area contributed by atoms with Crippen LogP contribution in [0.15, 0.2) is 42.5 Å². The quantitative estimate of drug-likeness (QED) is 0.772. The van der Waals surface area contributed by atoms with Crippen LogP contribution in [0.3, 0.4) is 0 Å². The van der Waals surface area contributed by atoms with Gasteiger partial charge in [-0.25, -0.2) is 4.39 Å². The van der Waals surface area contributed by atoms with Crippen molar-refractivity contribution in [1.82, 2.24) is 25.5 Å². The second-order valence-electron chi connectivity index (χ2n) is 5.23. The maximum atomic E-state index is 13.0. The maximum Gasteiger partial charge on any atom is 0.251 e. The number of halogens is 1. The summed E-state index contributed by atoms with van der Waals surface area (Å²) in [5.41, 5.74) is 1.03. The minimum atomic E-state index is -0.352. The van der Waals surface area contributed by atoms with E-state index in [1.54, 1.807) is 30.3 Å². The molecule has 0 bridgehead atoms. The molecule has 0 fully saturated rings. The largest absolute Gasteiger partial charge is 0.454 e. The number of amides is 1. The lowest BCUT2D eigenvalue weighted by atomic mass is 10.2. The summed E-state index contributed by atoms with van der Waals surface area (Å²) < 4.78 is 24.9. The standard InChI is InChI=1S/C16H12FN5O3/c17-11-2-4-12(5-3-11)22-15(19-20-21-22)8-18-16(23)10-1-6-13-14(7-10)25-9-24-13/h1-7H,8-9H2,(H,18,23). The Kier molecular flexibility index (Phi) is 3.73. The molecular formula is C16H12FN5O3. The number of hydrogen-bond donors (Lipinski definition) is 1. The summed E-state index contributed by atoms with van der Waals surface area (Å²) in [6.45, 7) is 0.254. The highest BCUT2D eigenvalue weighted by molar-refractivity contribution is 5.94. The van der Waals surface area contributed by atoms with E-state index in [0.29, 0.717) is 28.6 Å². The van der Waals surface area contributed by atoms with E-state index in [-0.39, 0.29) is 25.1 Å². The van der Waals surface area contributed by atoms with Gasteiger partial charge in [0, 0.05) is 5.56 Å². The van der Waals surface area contributed by atoms with Crippen LogP contribution in [-0.4, -0.2) is 32.9 Å². The van der Waals surface area contributed by atoms with Crippen molar-refractivity contribution in [2.24, 2.45) is 0 Å². The van der Waals surface area contributed by atoms with Crippen molar-refractivity contribution in [2.45, 2.75) is 6.54 Å². The first-order valence-electron chi connectivity index (χ1n) is 7.42. The van der Waals surface area contributed by atoms with E-state index in [4.69, 9.17) is 9.47 Å². The molecule has 4 rings (SSSR count). The van der Waals surface area contributed by atoms with Gasteiger partial charge in [0.2, 0.25) is 6.79 Å². The lowest BCUT2D eigenvalue weighted by molar-refractivity contribution is 0.0949. The Morgan fingerprint density at radius 3 is 2.80 bits per heavy atom. The summed E-state index contributed by atoms with van der Waals surface area (Å²) in [4.78, 5) is 12.3. The first-order chi connectivity index (χ1) is 12.2. The van der Waals surface area contributed by atoms with E-state index in [2.05, 4.69) is 20.8 Å². The van der Waals surface area contributed by atoms with Gasteiger partial charge in [-0.2, -0.15) is 4.68 Å². The molecule has 9 heteroatoms. The third-order valence-electron chi connectivity index (χ3n) is 3.65. The zero-order chi connectivity index (χ0) is 17.2. The Morgan fingerprint density at radius 1 is 1.16 bits per heavy atom. The van der Waals surface area contributed by atoms with Crippen molar-refractivity contribution >= 4 is 5.91 Å². The molecule has 1 amide bonds. The number of carbonyl (C=O) groups excluding carboxylic acids is 1. The zero-order valence-corrected chi connectivity index (χ0v) is 12.8. The third-order valence-corrected chi connectivity index (χ3v) is 3.65. The molecule has 0 radical (unpaired) electrons. The Morgan fingerprint density at radius 2 is 1.96 bits per heavy atom. The highest BCUT2D eigenvalue weighted by Crippen LogP contribution is 2.32.